The molecule has 0 aliphatic carbocycles. The summed E-state index contributed by atoms with van der Waals surface area (Å²) in [4.78, 5) is 12.4. The zero-order valence-electron chi connectivity index (χ0n) is 22.3. The molecule has 1 saturated heterocycles. The molecule has 1 fully saturated rings. The number of carbonyl (C=O) groups is 1. The number of ether oxygens (including phenoxy) is 2. The van der Waals surface area contributed by atoms with Gasteiger partial charge in [0.1, 0.15) is 5.75 Å². The lowest BCUT2D eigenvalue weighted by Gasteiger charge is -2.36. The second kappa shape index (κ2) is 12.1. The van der Waals surface area contributed by atoms with Gasteiger partial charge >= 0.3 is 0 Å². The quantitative estimate of drug-likeness (QED) is 0.341. The third-order valence-electron chi connectivity index (χ3n) is 7.95. The molecule has 0 spiro atoms. The van der Waals surface area contributed by atoms with Gasteiger partial charge < -0.3 is 19.9 Å². The van der Waals surface area contributed by atoms with Crippen molar-refractivity contribution in [3.63, 3.8) is 0 Å². The van der Waals surface area contributed by atoms with Crippen molar-refractivity contribution in [2.24, 2.45) is 5.92 Å². The van der Waals surface area contributed by atoms with Crippen LogP contribution in [-0.2, 0) is 11.2 Å². The standard InChI is InChI=1S/C31H39NO4Si/c1-22-28(19-12-23-10-13-25(14-11-23)32-31(34)24-8-6-5-7-9-24)36-29(20-21-33)30(22)37(3,4)27-17-15-26(35-2)16-18-27/h5-11,13-18,22,28-30,33H,12,19-21H2,1-4H3,(H,32,34)/t22-,28+,29-,30+/m0/s1. The van der Waals surface area contributed by atoms with Crippen LogP contribution in [0.3, 0.4) is 0 Å². The molecule has 0 bridgehead atoms. The van der Waals surface area contributed by atoms with Gasteiger partial charge in [-0.05, 0) is 72.7 Å². The lowest BCUT2D eigenvalue weighted by atomic mass is 9.95. The summed E-state index contributed by atoms with van der Waals surface area (Å²) in [5, 5.41) is 14.1. The predicted molar refractivity (Wildman–Crippen MR) is 153 cm³/mol. The molecule has 0 unspecified atom stereocenters. The second-order valence-corrected chi connectivity index (χ2v) is 15.3. The van der Waals surface area contributed by atoms with E-state index in [1.165, 1.54) is 10.8 Å². The molecule has 4 rings (SSSR count). The molecule has 1 amide bonds. The van der Waals surface area contributed by atoms with Gasteiger partial charge in [-0.1, -0.05) is 67.7 Å². The molecule has 2 N–H and O–H groups in total. The van der Waals surface area contributed by atoms with Crippen LogP contribution >= 0.6 is 0 Å². The Balaban J connectivity index is 1.40. The van der Waals surface area contributed by atoms with Crippen molar-refractivity contribution in [2.75, 3.05) is 19.0 Å². The van der Waals surface area contributed by atoms with Gasteiger partial charge in [0, 0.05) is 17.9 Å². The van der Waals surface area contributed by atoms with Crippen molar-refractivity contribution in [2.45, 2.75) is 57.0 Å². The first kappa shape index (κ1) is 27.1. The minimum atomic E-state index is -1.88. The van der Waals surface area contributed by atoms with Crippen LogP contribution in [0.5, 0.6) is 5.75 Å². The van der Waals surface area contributed by atoms with Gasteiger partial charge in [-0.25, -0.2) is 0 Å². The van der Waals surface area contributed by atoms with E-state index in [0.29, 0.717) is 23.4 Å². The number of aryl methyl sites for hydroxylation is 1. The first-order valence-corrected chi connectivity index (χ1v) is 16.3. The highest BCUT2D eigenvalue weighted by molar-refractivity contribution is 6.91. The SMILES string of the molecule is COc1ccc([Si](C)(C)[C@@H]2[C@@H](C)[C@@H](CCc3ccc(NC(=O)c4ccccc4)cc3)O[C@H]2CCO)cc1. The Bertz CT molecular complexity index is 1150. The number of hydrogen-bond donors (Lipinski definition) is 2. The fourth-order valence-corrected chi connectivity index (χ4v) is 10.0. The van der Waals surface area contributed by atoms with Crippen LogP contribution < -0.4 is 15.2 Å². The number of amides is 1. The molecule has 1 aliphatic rings. The van der Waals surface area contributed by atoms with Crippen LogP contribution in [0.25, 0.3) is 0 Å². The highest BCUT2D eigenvalue weighted by Gasteiger charge is 2.50. The number of benzene rings is 3. The molecule has 37 heavy (non-hydrogen) atoms. The largest absolute Gasteiger partial charge is 0.497 e. The molecule has 0 aromatic heterocycles. The maximum atomic E-state index is 12.4. The molecule has 0 saturated carbocycles. The van der Waals surface area contributed by atoms with Gasteiger partial charge in [0.25, 0.3) is 5.91 Å². The normalized spacial score (nSPS) is 21.5. The van der Waals surface area contributed by atoms with E-state index in [1.807, 2.05) is 42.5 Å². The molecular weight excluding hydrogens is 478 g/mol. The van der Waals surface area contributed by atoms with Gasteiger partial charge in [0.05, 0.1) is 27.4 Å². The molecule has 0 radical (unpaired) electrons. The molecular formula is C31H39NO4Si. The van der Waals surface area contributed by atoms with Gasteiger partial charge in [-0.3, -0.25) is 4.79 Å². The first-order chi connectivity index (χ1) is 17.8. The van der Waals surface area contributed by atoms with Crippen molar-refractivity contribution >= 4 is 24.9 Å². The summed E-state index contributed by atoms with van der Waals surface area (Å²) in [6.45, 7) is 7.32. The number of aliphatic hydroxyl groups excluding tert-OH is 1. The van der Waals surface area contributed by atoms with E-state index in [4.69, 9.17) is 9.47 Å². The highest BCUT2D eigenvalue weighted by atomic mass is 28.3. The van der Waals surface area contributed by atoms with Crippen LogP contribution in [0.2, 0.25) is 18.6 Å². The summed E-state index contributed by atoms with van der Waals surface area (Å²) in [6, 6.07) is 25.8. The molecule has 6 heteroatoms. The number of aliphatic hydroxyl groups is 1. The molecule has 1 heterocycles. The van der Waals surface area contributed by atoms with E-state index in [-0.39, 0.29) is 24.7 Å². The number of hydrogen-bond acceptors (Lipinski definition) is 4. The van der Waals surface area contributed by atoms with Crippen LogP contribution in [-0.4, -0.2) is 45.0 Å². The fraction of sp³-hybridized carbons (Fsp3) is 0.387. The Hall–Kier alpha value is -2.93. The van der Waals surface area contributed by atoms with Crippen molar-refractivity contribution in [1.82, 2.24) is 0 Å². The van der Waals surface area contributed by atoms with Crippen molar-refractivity contribution in [1.29, 1.82) is 0 Å². The molecule has 196 valence electrons. The van der Waals surface area contributed by atoms with E-state index in [2.05, 4.69) is 61.7 Å². The zero-order valence-corrected chi connectivity index (χ0v) is 23.3. The molecule has 5 nitrogen and oxygen atoms in total. The average molecular weight is 518 g/mol. The number of rotatable bonds is 10. The summed E-state index contributed by atoms with van der Waals surface area (Å²) >= 11 is 0. The Morgan fingerprint density at radius 3 is 2.24 bits per heavy atom. The summed E-state index contributed by atoms with van der Waals surface area (Å²) in [7, 11) is -0.184. The highest BCUT2D eigenvalue weighted by Crippen LogP contribution is 2.46. The Morgan fingerprint density at radius 1 is 0.946 bits per heavy atom. The Labute approximate surface area is 221 Å². The summed E-state index contributed by atoms with van der Waals surface area (Å²) < 4.78 is 12.0. The maximum Gasteiger partial charge on any atom is 0.255 e. The molecule has 3 aromatic carbocycles. The van der Waals surface area contributed by atoms with Crippen LogP contribution in [0.1, 0.15) is 35.7 Å². The zero-order chi connectivity index (χ0) is 26.4. The lowest BCUT2D eigenvalue weighted by molar-refractivity contribution is 0.0196. The minimum absolute atomic E-state index is 0.0735. The van der Waals surface area contributed by atoms with Crippen molar-refractivity contribution < 1.29 is 19.4 Å². The fourth-order valence-electron chi connectivity index (χ4n) is 5.90. The van der Waals surface area contributed by atoms with E-state index in [0.717, 1.165) is 24.3 Å². The number of nitrogens with one attached hydrogen (secondary N) is 1. The number of methoxy groups -OCH3 is 1. The Kier molecular flexibility index (Phi) is 8.85. The summed E-state index contributed by atoms with van der Waals surface area (Å²) in [6.07, 6.45) is 2.75. The third kappa shape index (κ3) is 6.32. The van der Waals surface area contributed by atoms with Gasteiger partial charge in [0.2, 0.25) is 0 Å². The molecule has 4 atom stereocenters. The number of carbonyl (C=O) groups excluding carboxylic acids is 1. The first-order valence-electron chi connectivity index (χ1n) is 13.2. The predicted octanol–water partition coefficient (Wildman–Crippen LogP) is 5.65. The average Bonchev–Trinajstić information content (AvgIpc) is 3.24. The Morgan fingerprint density at radius 2 is 1.62 bits per heavy atom. The smallest absolute Gasteiger partial charge is 0.255 e. The van der Waals surface area contributed by atoms with Crippen LogP contribution in [0, 0.1) is 5.92 Å². The molecule has 1 aliphatic heterocycles. The summed E-state index contributed by atoms with van der Waals surface area (Å²) in [5.41, 5.74) is 3.08. The third-order valence-corrected chi connectivity index (χ3v) is 12.3. The molecule has 3 aromatic rings. The monoisotopic (exact) mass is 517 g/mol. The minimum Gasteiger partial charge on any atom is -0.497 e. The van der Waals surface area contributed by atoms with E-state index < -0.39 is 8.07 Å². The summed E-state index contributed by atoms with van der Waals surface area (Å²) in [5.74, 6) is 1.18. The second-order valence-electron chi connectivity index (χ2n) is 10.6. The van der Waals surface area contributed by atoms with Crippen molar-refractivity contribution in [3.8, 4) is 5.75 Å². The van der Waals surface area contributed by atoms with Gasteiger partial charge in [-0.2, -0.15) is 0 Å². The van der Waals surface area contributed by atoms with E-state index in [9.17, 15) is 9.90 Å². The van der Waals surface area contributed by atoms with Gasteiger partial charge in [0.15, 0.2) is 0 Å². The van der Waals surface area contributed by atoms with E-state index in [1.54, 1.807) is 7.11 Å². The van der Waals surface area contributed by atoms with Crippen molar-refractivity contribution in [3.05, 3.63) is 90.0 Å². The van der Waals surface area contributed by atoms with Crippen LogP contribution in [0.4, 0.5) is 5.69 Å². The maximum absolute atomic E-state index is 12.4. The lowest BCUT2D eigenvalue weighted by Crippen LogP contribution is -2.50. The van der Waals surface area contributed by atoms with E-state index >= 15 is 0 Å². The number of anilines is 1. The van der Waals surface area contributed by atoms with Crippen LogP contribution in [0.15, 0.2) is 78.9 Å². The topological polar surface area (TPSA) is 67.8 Å². The van der Waals surface area contributed by atoms with Gasteiger partial charge in [-0.15, -0.1) is 0 Å².